The molecule has 1 aliphatic rings. The van der Waals surface area contributed by atoms with Crippen molar-refractivity contribution in [1.82, 2.24) is 9.88 Å². The Balaban J connectivity index is 1.54. The van der Waals surface area contributed by atoms with Crippen LogP contribution in [-0.2, 0) is 6.54 Å². The molecule has 0 spiro atoms. The Labute approximate surface area is 125 Å². The van der Waals surface area contributed by atoms with E-state index in [1.54, 1.807) is 0 Å². The Bertz CT molecular complexity index is 573. The monoisotopic (exact) mass is 283 g/mol. The number of hydrogen-bond donors (Lipinski definition) is 1. The highest BCUT2D eigenvalue weighted by Crippen LogP contribution is 2.19. The first-order chi connectivity index (χ1) is 10.3. The summed E-state index contributed by atoms with van der Waals surface area (Å²) in [5.74, 6) is 1.54. The summed E-state index contributed by atoms with van der Waals surface area (Å²) >= 11 is 0. The van der Waals surface area contributed by atoms with Crippen LogP contribution in [-0.4, -0.2) is 36.1 Å². The fourth-order valence-electron chi connectivity index (χ4n) is 2.67. The van der Waals surface area contributed by atoms with Crippen molar-refractivity contribution in [2.75, 3.05) is 25.5 Å². The second kappa shape index (κ2) is 6.59. The Morgan fingerprint density at radius 3 is 2.86 bits per heavy atom. The summed E-state index contributed by atoms with van der Waals surface area (Å²) in [7, 11) is 1.86. The summed E-state index contributed by atoms with van der Waals surface area (Å²) < 4.78 is 5.99. The van der Waals surface area contributed by atoms with Gasteiger partial charge in [0, 0.05) is 32.7 Å². The third-order valence-corrected chi connectivity index (χ3v) is 3.75. The molecule has 1 fully saturated rings. The SMILES string of the molecule is CNc1cccc(OC2CCN(Cc3ccccc3)C2)n1. The van der Waals surface area contributed by atoms with E-state index in [0.717, 1.165) is 31.9 Å². The highest BCUT2D eigenvalue weighted by Gasteiger charge is 2.24. The molecule has 0 aliphatic carbocycles. The van der Waals surface area contributed by atoms with Crippen molar-refractivity contribution < 1.29 is 4.74 Å². The highest BCUT2D eigenvalue weighted by atomic mass is 16.5. The van der Waals surface area contributed by atoms with Gasteiger partial charge in [0.25, 0.3) is 0 Å². The zero-order valence-corrected chi connectivity index (χ0v) is 12.3. The minimum Gasteiger partial charge on any atom is -0.473 e. The fourth-order valence-corrected chi connectivity index (χ4v) is 2.67. The van der Waals surface area contributed by atoms with Gasteiger partial charge in [-0.1, -0.05) is 36.4 Å². The van der Waals surface area contributed by atoms with Crippen LogP contribution in [0.4, 0.5) is 5.82 Å². The van der Waals surface area contributed by atoms with Crippen LogP contribution in [0, 0.1) is 0 Å². The zero-order chi connectivity index (χ0) is 14.5. The third-order valence-electron chi connectivity index (χ3n) is 3.75. The van der Waals surface area contributed by atoms with E-state index in [2.05, 4.69) is 45.5 Å². The van der Waals surface area contributed by atoms with Crippen LogP contribution in [0.1, 0.15) is 12.0 Å². The third kappa shape index (κ3) is 3.73. The van der Waals surface area contributed by atoms with Crippen molar-refractivity contribution in [1.29, 1.82) is 0 Å². The molecule has 110 valence electrons. The van der Waals surface area contributed by atoms with Gasteiger partial charge < -0.3 is 10.1 Å². The van der Waals surface area contributed by atoms with Crippen LogP contribution in [0.5, 0.6) is 5.88 Å². The summed E-state index contributed by atoms with van der Waals surface area (Å²) in [5, 5.41) is 3.03. The fraction of sp³-hybridized carbons (Fsp3) is 0.353. The Kier molecular flexibility index (Phi) is 4.36. The molecular weight excluding hydrogens is 262 g/mol. The molecule has 2 aromatic rings. The number of rotatable bonds is 5. The molecule has 1 atom stereocenters. The summed E-state index contributed by atoms with van der Waals surface area (Å²) in [6.07, 6.45) is 1.28. The van der Waals surface area contributed by atoms with Crippen LogP contribution in [0.25, 0.3) is 0 Å². The lowest BCUT2D eigenvalue weighted by atomic mass is 10.2. The number of likely N-dealkylation sites (tertiary alicyclic amines) is 1. The van der Waals surface area contributed by atoms with Crippen molar-refractivity contribution in [3.05, 3.63) is 54.1 Å². The van der Waals surface area contributed by atoms with Crippen LogP contribution < -0.4 is 10.1 Å². The molecule has 0 bridgehead atoms. The van der Waals surface area contributed by atoms with Gasteiger partial charge in [0.2, 0.25) is 5.88 Å². The van der Waals surface area contributed by atoms with E-state index in [1.165, 1.54) is 5.56 Å². The van der Waals surface area contributed by atoms with Gasteiger partial charge in [-0.2, -0.15) is 4.98 Å². The lowest BCUT2D eigenvalue weighted by Crippen LogP contribution is -2.24. The maximum atomic E-state index is 5.99. The van der Waals surface area contributed by atoms with Gasteiger partial charge in [-0.15, -0.1) is 0 Å². The van der Waals surface area contributed by atoms with Crippen molar-refractivity contribution in [2.24, 2.45) is 0 Å². The molecule has 0 amide bonds. The van der Waals surface area contributed by atoms with E-state index in [-0.39, 0.29) is 6.10 Å². The molecule has 1 saturated heterocycles. The van der Waals surface area contributed by atoms with Gasteiger partial charge in [-0.05, 0) is 18.1 Å². The van der Waals surface area contributed by atoms with E-state index < -0.39 is 0 Å². The topological polar surface area (TPSA) is 37.4 Å². The first-order valence-electron chi connectivity index (χ1n) is 7.41. The number of nitrogens with one attached hydrogen (secondary N) is 1. The number of nitrogens with zero attached hydrogens (tertiary/aromatic N) is 2. The van der Waals surface area contributed by atoms with Gasteiger partial charge in [0.1, 0.15) is 11.9 Å². The van der Waals surface area contributed by atoms with E-state index in [9.17, 15) is 0 Å². The average Bonchev–Trinajstić information content (AvgIpc) is 2.95. The molecule has 1 aromatic carbocycles. The molecule has 1 N–H and O–H groups in total. The maximum absolute atomic E-state index is 5.99. The second-order valence-electron chi connectivity index (χ2n) is 5.36. The highest BCUT2D eigenvalue weighted by molar-refractivity contribution is 5.36. The molecule has 21 heavy (non-hydrogen) atoms. The van der Waals surface area contributed by atoms with Crippen LogP contribution >= 0.6 is 0 Å². The summed E-state index contributed by atoms with van der Waals surface area (Å²) in [6.45, 7) is 3.02. The molecule has 0 saturated carbocycles. The number of anilines is 1. The van der Waals surface area contributed by atoms with Crippen LogP contribution in [0.2, 0.25) is 0 Å². The summed E-state index contributed by atoms with van der Waals surface area (Å²) in [4.78, 5) is 6.84. The van der Waals surface area contributed by atoms with E-state index >= 15 is 0 Å². The van der Waals surface area contributed by atoms with E-state index in [0.29, 0.717) is 5.88 Å². The molecule has 1 aromatic heterocycles. The molecule has 1 aliphatic heterocycles. The Hall–Kier alpha value is -2.07. The van der Waals surface area contributed by atoms with Crippen molar-refractivity contribution in [3.63, 3.8) is 0 Å². The quantitative estimate of drug-likeness (QED) is 0.915. The first-order valence-corrected chi connectivity index (χ1v) is 7.41. The smallest absolute Gasteiger partial charge is 0.215 e. The van der Waals surface area contributed by atoms with Gasteiger partial charge in [0.15, 0.2) is 0 Å². The lowest BCUT2D eigenvalue weighted by Gasteiger charge is -2.16. The molecule has 0 radical (unpaired) electrons. The average molecular weight is 283 g/mol. The predicted octanol–water partition coefficient (Wildman–Crippen LogP) is 2.78. The largest absolute Gasteiger partial charge is 0.473 e. The Morgan fingerprint density at radius 2 is 2.05 bits per heavy atom. The summed E-state index contributed by atoms with van der Waals surface area (Å²) in [5.41, 5.74) is 1.36. The minimum atomic E-state index is 0.230. The lowest BCUT2D eigenvalue weighted by molar-refractivity contribution is 0.191. The number of hydrogen-bond acceptors (Lipinski definition) is 4. The van der Waals surface area contributed by atoms with Gasteiger partial charge in [0.05, 0.1) is 0 Å². The Morgan fingerprint density at radius 1 is 1.19 bits per heavy atom. The standard InChI is InChI=1S/C17H21N3O/c1-18-16-8-5-9-17(19-16)21-15-10-11-20(13-15)12-14-6-3-2-4-7-14/h2-9,15H,10-13H2,1H3,(H,18,19). The van der Waals surface area contributed by atoms with E-state index in [4.69, 9.17) is 4.74 Å². The number of benzene rings is 1. The van der Waals surface area contributed by atoms with E-state index in [1.807, 2.05) is 25.2 Å². The number of pyridine rings is 1. The molecule has 4 nitrogen and oxygen atoms in total. The minimum absolute atomic E-state index is 0.230. The first kappa shape index (κ1) is 13.9. The number of ether oxygens (including phenoxy) is 1. The predicted molar refractivity (Wildman–Crippen MR) is 84.5 cm³/mol. The molecule has 2 heterocycles. The van der Waals surface area contributed by atoms with Crippen molar-refractivity contribution >= 4 is 5.82 Å². The van der Waals surface area contributed by atoms with Gasteiger partial charge >= 0.3 is 0 Å². The molecule has 3 rings (SSSR count). The molecule has 1 unspecified atom stereocenters. The summed E-state index contributed by atoms with van der Waals surface area (Å²) in [6, 6.07) is 16.4. The van der Waals surface area contributed by atoms with Gasteiger partial charge in [-0.25, -0.2) is 0 Å². The van der Waals surface area contributed by atoms with Gasteiger partial charge in [-0.3, -0.25) is 4.90 Å². The molecular formula is C17H21N3O. The van der Waals surface area contributed by atoms with Crippen molar-refractivity contribution in [3.8, 4) is 5.88 Å². The molecule has 4 heteroatoms. The van der Waals surface area contributed by atoms with Crippen molar-refractivity contribution in [2.45, 2.75) is 19.1 Å². The maximum Gasteiger partial charge on any atom is 0.215 e. The number of aromatic nitrogens is 1. The van der Waals surface area contributed by atoms with Crippen LogP contribution in [0.15, 0.2) is 48.5 Å². The zero-order valence-electron chi connectivity index (χ0n) is 12.3. The normalized spacial score (nSPS) is 18.6. The van der Waals surface area contributed by atoms with Crippen LogP contribution in [0.3, 0.4) is 0 Å². The second-order valence-corrected chi connectivity index (χ2v) is 5.36.